The lowest BCUT2D eigenvalue weighted by Crippen LogP contribution is -2.39. The van der Waals surface area contributed by atoms with Gasteiger partial charge in [0, 0.05) is 12.6 Å². The summed E-state index contributed by atoms with van der Waals surface area (Å²) >= 11 is 0. The first-order valence-electron chi connectivity index (χ1n) is 6.72. The third-order valence-corrected chi connectivity index (χ3v) is 3.13. The molecule has 0 unspecified atom stereocenters. The third-order valence-electron chi connectivity index (χ3n) is 3.13. The highest BCUT2D eigenvalue weighted by molar-refractivity contribution is 5.76. The maximum Gasteiger partial charge on any atom is 0.420 e. The summed E-state index contributed by atoms with van der Waals surface area (Å²) in [4.78, 5) is 23.7. The van der Waals surface area contributed by atoms with Crippen LogP contribution in [0.3, 0.4) is 0 Å². The Labute approximate surface area is 124 Å². The van der Waals surface area contributed by atoms with Gasteiger partial charge in [-0.05, 0) is 29.5 Å². The van der Waals surface area contributed by atoms with Crippen LogP contribution in [0.15, 0.2) is 39.8 Å². The van der Waals surface area contributed by atoms with Crippen molar-refractivity contribution in [2.75, 3.05) is 0 Å². The number of aromatic nitrogens is 5. The van der Waals surface area contributed by atoms with Gasteiger partial charge in [0.25, 0.3) is 0 Å². The van der Waals surface area contributed by atoms with Crippen LogP contribution in [-0.4, -0.2) is 36.7 Å². The van der Waals surface area contributed by atoms with E-state index in [9.17, 15) is 9.59 Å². The minimum atomic E-state index is -0.442. The van der Waals surface area contributed by atoms with E-state index in [1.165, 1.54) is 15.6 Å². The van der Waals surface area contributed by atoms with Gasteiger partial charge in [-0.25, -0.2) is 9.48 Å². The van der Waals surface area contributed by atoms with E-state index in [1.807, 2.05) is 13.0 Å². The van der Waals surface area contributed by atoms with Crippen LogP contribution in [0.4, 0.5) is 0 Å². The number of hydrogen-bond acceptors (Lipinski definition) is 6. The van der Waals surface area contributed by atoms with Crippen molar-refractivity contribution in [3.63, 3.8) is 0 Å². The Morgan fingerprint density at radius 2 is 2.23 bits per heavy atom. The van der Waals surface area contributed by atoms with E-state index in [0.29, 0.717) is 17.6 Å². The van der Waals surface area contributed by atoms with Crippen LogP contribution in [0, 0.1) is 0 Å². The zero-order chi connectivity index (χ0) is 15.5. The van der Waals surface area contributed by atoms with Crippen LogP contribution in [0.2, 0.25) is 0 Å². The summed E-state index contributed by atoms with van der Waals surface area (Å²) in [6.45, 7) is 2.15. The summed E-state index contributed by atoms with van der Waals surface area (Å²) in [6, 6.07) is 6.91. The Morgan fingerprint density at radius 3 is 3.00 bits per heavy atom. The molecule has 3 rings (SSSR count). The number of nitrogens with one attached hydrogen (secondary N) is 1. The van der Waals surface area contributed by atoms with Crippen molar-refractivity contribution in [2.24, 2.45) is 0 Å². The Bertz CT molecular complexity index is 835. The smallest absolute Gasteiger partial charge is 0.408 e. The number of carbonyl (C=O) groups excluding carboxylic acids is 1. The largest absolute Gasteiger partial charge is 0.420 e. The summed E-state index contributed by atoms with van der Waals surface area (Å²) in [6.07, 6.45) is 1.36. The Kier molecular flexibility index (Phi) is 3.69. The van der Waals surface area contributed by atoms with Gasteiger partial charge in [0.2, 0.25) is 5.91 Å². The van der Waals surface area contributed by atoms with Gasteiger partial charge < -0.3 is 9.73 Å². The quantitative estimate of drug-likeness (QED) is 0.698. The van der Waals surface area contributed by atoms with E-state index >= 15 is 0 Å². The SMILES string of the molecule is C[C@H](Cn1c(=O)oc2ccccc21)NC(=O)Cn1cnnn1. The minimum absolute atomic E-state index is 0.0262. The van der Waals surface area contributed by atoms with Gasteiger partial charge in [-0.15, -0.1) is 5.10 Å². The predicted molar refractivity (Wildman–Crippen MR) is 75.9 cm³/mol. The number of tetrazole rings is 1. The van der Waals surface area contributed by atoms with E-state index in [4.69, 9.17) is 4.42 Å². The van der Waals surface area contributed by atoms with Crippen LogP contribution in [0.1, 0.15) is 6.92 Å². The van der Waals surface area contributed by atoms with Crippen molar-refractivity contribution < 1.29 is 9.21 Å². The molecule has 0 aliphatic heterocycles. The number of benzene rings is 1. The fourth-order valence-corrected chi connectivity index (χ4v) is 2.23. The molecule has 0 spiro atoms. The molecule has 0 aliphatic carbocycles. The maximum atomic E-state index is 11.9. The minimum Gasteiger partial charge on any atom is -0.408 e. The topological polar surface area (TPSA) is 108 Å². The van der Waals surface area contributed by atoms with E-state index in [0.717, 1.165) is 0 Å². The second kappa shape index (κ2) is 5.80. The molecule has 1 amide bonds. The van der Waals surface area contributed by atoms with E-state index < -0.39 is 5.76 Å². The number of oxazole rings is 1. The fraction of sp³-hybridized carbons (Fsp3) is 0.308. The molecular weight excluding hydrogens is 288 g/mol. The van der Waals surface area contributed by atoms with Gasteiger partial charge in [-0.1, -0.05) is 12.1 Å². The highest BCUT2D eigenvalue weighted by Gasteiger charge is 2.14. The van der Waals surface area contributed by atoms with Crippen molar-refractivity contribution in [3.05, 3.63) is 41.1 Å². The van der Waals surface area contributed by atoms with Crippen LogP contribution in [0.5, 0.6) is 0 Å². The maximum absolute atomic E-state index is 11.9. The molecule has 22 heavy (non-hydrogen) atoms. The van der Waals surface area contributed by atoms with Gasteiger partial charge in [0.1, 0.15) is 12.9 Å². The first-order valence-corrected chi connectivity index (χ1v) is 6.72. The second-order valence-electron chi connectivity index (χ2n) is 4.92. The first-order chi connectivity index (χ1) is 10.6. The molecule has 2 heterocycles. The van der Waals surface area contributed by atoms with Crippen molar-refractivity contribution in [2.45, 2.75) is 26.1 Å². The van der Waals surface area contributed by atoms with Crippen LogP contribution >= 0.6 is 0 Å². The molecule has 3 aromatic rings. The van der Waals surface area contributed by atoms with Crippen LogP contribution < -0.4 is 11.1 Å². The lowest BCUT2D eigenvalue weighted by Gasteiger charge is -2.14. The predicted octanol–water partition coefficient (Wildman–Crippen LogP) is -0.214. The molecule has 0 aliphatic rings. The monoisotopic (exact) mass is 302 g/mol. The van der Waals surface area contributed by atoms with Gasteiger partial charge in [0.15, 0.2) is 5.58 Å². The van der Waals surface area contributed by atoms with Crippen molar-refractivity contribution in [3.8, 4) is 0 Å². The Balaban J connectivity index is 1.68. The molecule has 114 valence electrons. The number of carbonyl (C=O) groups is 1. The highest BCUT2D eigenvalue weighted by Crippen LogP contribution is 2.11. The Hall–Kier alpha value is -2.97. The van der Waals surface area contributed by atoms with E-state index in [1.54, 1.807) is 18.2 Å². The number of hydrogen-bond donors (Lipinski definition) is 1. The number of para-hydroxylation sites is 2. The molecule has 2 aromatic heterocycles. The summed E-state index contributed by atoms with van der Waals surface area (Å²) in [5, 5.41) is 13.3. The third kappa shape index (κ3) is 2.87. The first kappa shape index (κ1) is 14.0. The Morgan fingerprint density at radius 1 is 1.41 bits per heavy atom. The van der Waals surface area contributed by atoms with Gasteiger partial charge in [0.05, 0.1) is 5.52 Å². The number of fused-ring (bicyclic) bond motifs is 1. The number of amides is 1. The average molecular weight is 302 g/mol. The molecule has 0 bridgehead atoms. The van der Waals surface area contributed by atoms with Crippen molar-refractivity contribution in [1.82, 2.24) is 30.1 Å². The summed E-state index contributed by atoms with van der Waals surface area (Å²) in [5.74, 6) is -0.677. The summed E-state index contributed by atoms with van der Waals surface area (Å²) in [5.41, 5.74) is 1.23. The zero-order valence-corrected chi connectivity index (χ0v) is 11.8. The summed E-state index contributed by atoms with van der Waals surface area (Å²) < 4.78 is 7.97. The van der Waals surface area contributed by atoms with Crippen LogP contribution in [-0.2, 0) is 17.9 Å². The molecule has 1 aromatic carbocycles. The molecule has 9 nitrogen and oxygen atoms in total. The van der Waals surface area contributed by atoms with Gasteiger partial charge in [-0.3, -0.25) is 9.36 Å². The number of rotatable bonds is 5. The fourth-order valence-electron chi connectivity index (χ4n) is 2.23. The summed E-state index contributed by atoms with van der Waals surface area (Å²) in [7, 11) is 0. The van der Waals surface area contributed by atoms with Gasteiger partial charge >= 0.3 is 5.76 Å². The molecule has 0 radical (unpaired) electrons. The standard InChI is InChI=1S/C13H14N6O3/c1-9(15-12(20)7-18-8-14-16-17-18)6-19-10-4-2-3-5-11(10)22-13(19)21/h2-5,8-9H,6-7H2,1H3,(H,15,20)/t9-/m1/s1. The molecule has 0 fully saturated rings. The van der Waals surface area contributed by atoms with Crippen molar-refractivity contribution in [1.29, 1.82) is 0 Å². The molecule has 1 atom stereocenters. The molecule has 1 N–H and O–H groups in total. The lowest BCUT2D eigenvalue weighted by molar-refractivity contribution is -0.122. The molecular formula is C13H14N6O3. The number of nitrogens with zero attached hydrogens (tertiary/aromatic N) is 5. The molecule has 0 saturated carbocycles. The van der Waals surface area contributed by atoms with E-state index in [2.05, 4.69) is 20.8 Å². The normalized spacial score (nSPS) is 12.4. The lowest BCUT2D eigenvalue weighted by atomic mass is 10.3. The van der Waals surface area contributed by atoms with Gasteiger partial charge in [-0.2, -0.15) is 0 Å². The van der Waals surface area contributed by atoms with E-state index in [-0.39, 0.29) is 18.5 Å². The van der Waals surface area contributed by atoms with Crippen molar-refractivity contribution >= 4 is 17.0 Å². The average Bonchev–Trinajstić information content (AvgIpc) is 3.08. The molecule has 9 heteroatoms. The highest BCUT2D eigenvalue weighted by atomic mass is 16.4. The second-order valence-corrected chi connectivity index (χ2v) is 4.92. The zero-order valence-electron chi connectivity index (χ0n) is 11.8. The van der Waals surface area contributed by atoms with Crippen LogP contribution in [0.25, 0.3) is 11.1 Å². The molecule has 0 saturated heterocycles.